The monoisotopic (exact) mass is 294 g/mol. The summed E-state index contributed by atoms with van der Waals surface area (Å²) in [6.45, 7) is 3.46. The number of carbonyl (C=O) groups is 2. The smallest absolute Gasteiger partial charge is 0.337 e. The number of rotatable bonds is 2. The van der Waals surface area contributed by atoms with Gasteiger partial charge in [0.1, 0.15) is 5.82 Å². The van der Waals surface area contributed by atoms with Crippen LogP contribution >= 0.6 is 0 Å². The number of hydrogen-bond acceptors (Lipinski definition) is 2. The third-order valence-corrected chi connectivity index (χ3v) is 3.76. The summed E-state index contributed by atoms with van der Waals surface area (Å²) in [5.41, 5.74) is -0.127. The lowest BCUT2D eigenvalue weighted by molar-refractivity contribution is 0.0697. The van der Waals surface area contributed by atoms with E-state index in [1.807, 2.05) is 0 Å². The van der Waals surface area contributed by atoms with E-state index in [4.69, 9.17) is 5.11 Å². The van der Waals surface area contributed by atoms with Crippen molar-refractivity contribution in [1.29, 1.82) is 0 Å². The number of urea groups is 1. The molecule has 0 spiro atoms. The van der Waals surface area contributed by atoms with Crippen LogP contribution in [0, 0.1) is 11.7 Å². The largest absolute Gasteiger partial charge is 0.478 e. The van der Waals surface area contributed by atoms with Gasteiger partial charge in [0.15, 0.2) is 0 Å². The number of anilines is 1. The topological polar surface area (TPSA) is 69.6 Å². The van der Waals surface area contributed by atoms with Gasteiger partial charge in [-0.1, -0.05) is 6.92 Å². The molecule has 1 heterocycles. The zero-order chi connectivity index (χ0) is 15.4. The first-order valence-electron chi connectivity index (χ1n) is 7.06. The maximum atomic E-state index is 13.1. The molecule has 1 aliphatic rings. The fourth-order valence-corrected chi connectivity index (χ4v) is 2.46. The number of aromatic carboxylic acids is 1. The van der Waals surface area contributed by atoms with Gasteiger partial charge in [-0.05, 0) is 43.4 Å². The zero-order valence-corrected chi connectivity index (χ0v) is 11.9. The number of halogens is 1. The summed E-state index contributed by atoms with van der Waals surface area (Å²) in [5, 5.41) is 11.6. The summed E-state index contributed by atoms with van der Waals surface area (Å²) >= 11 is 0. The Kier molecular flexibility index (Phi) is 4.77. The van der Waals surface area contributed by atoms with Crippen LogP contribution in [0.2, 0.25) is 0 Å². The van der Waals surface area contributed by atoms with Crippen LogP contribution in [-0.4, -0.2) is 35.1 Å². The van der Waals surface area contributed by atoms with E-state index in [1.54, 1.807) is 4.90 Å². The third-order valence-electron chi connectivity index (χ3n) is 3.76. The lowest BCUT2D eigenvalue weighted by Crippen LogP contribution is -2.36. The highest BCUT2D eigenvalue weighted by Crippen LogP contribution is 2.20. The molecule has 1 aromatic rings. The van der Waals surface area contributed by atoms with Gasteiger partial charge >= 0.3 is 12.0 Å². The van der Waals surface area contributed by atoms with Crippen LogP contribution in [0.4, 0.5) is 14.9 Å². The number of carbonyl (C=O) groups excluding carboxylic acids is 1. The Balaban J connectivity index is 2.10. The first-order valence-corrected chi connectivity index (χ1v) is 7.06. The fraction of sp³-hybridized carbons (Fsp3) is 0.467. The average Bonchev–Trinajstić information content (AvgIpc) is 2.65. The summed E-state index contributed by atoms with van der Waals surface area (Å²) in [4.78, 5) is 25.0. The molecule has 1 fully saturated rings. The Bertz CT molecular complexity index is 548. The van der Waals surface area contributed by atoms with E-state index in [0.717, 1.165) is 31.4 Å². The first kappa shape index (κ1) is 15.3. The maximum Gasteiger partial charge on any atom is 0.337 e. The lowest BCUT2D eigenvalue weighted by Gasteiger charge is -2.21. The maximum absolute atomic E-state index is 13.1. The van der Waals surface area contributed by atoms with E-state index in [-0.39, 0.29) is 17.3 Å². The van der Waals surface area contributed by atoms with Crippen LogP contribution in [0.1, 0.15) is 36.5 Å². The van der Waals surface area contributed by atoms with Crippen molar-refractivity contribution in [2.24, 2.45) is 5.92 Å². The first-order chi connectivity index (χ1) is 9.97. The van der Waals surface area contributed by atoms with E-state index in [9.17, 15) is 14.0 Å². The van der Waals surface area contributed by atoms with E-state index in [2.05, 4.69) is 12.2 Å². The number of nitrogens with one attached hydrogen (secondary N) is 1. The molecule has 0 bridgehead atoms. The van der Waals surface area contributed by atoms with Gasteiger partial charge in [-0.3, -0.25) is 0 Å². The molecule has 0 aromatic heterocycles. The molecule has 2 N–H and O–H groups in total. The Morgan fingerprint density at radius 1 is 1.33 bits per heavy atom. The molecule has 5 nitrogen and oxygen atoms in total. The van der Waals surface area contributed by atoms with Gasteiger partial charge < -0.3 is 15.3 Å². The molecular weight excluding hydrogens is 275 g/mol. The minimum absolute atomic E-state index is 0.117. The Morgan fingerprint density at radius 3 is 2.81 bits per heavy atom. The quantitative estimate of drug-likeness (QED) is 0.880. The molecule has 1 aliphatic heterocycles. The third kappa shape index (κ3) is 3.93. The molecule has 1 unspecified atom stereocenters. The lowest BCUT2D eigenvalue weighted by atomic mass is 10.0. The van der Waals surface area contributed by atoms with Crippen molar-refractivity contribution in [2.45, 2.75) is 26.2 Å². The summed E-state index contributed by atoms with van der Waals surface area (Å²) in [6.07, 6.45) is 2.95. The molecule has 1 atom stereocenters. The Morgan fingerprint density at radius 2 is 2.10 bits per heavy atom. The predicted octanol–water partition coefficient (Wildman–Crippen LogP) is 3.18. The number of carboxylic acids is 1. The van der Waals surface area contributed by atoms with Crippen LogP contribution in [0.25, 0.3) is 0 Å². The van der Waals surface area contributed by atoms with Crippen LogP contribution in [0.15, 0.2) is 18.2 Å². The number of nitrogens with zero attached hydrogens (tertiary/aromatic N) is 1. The molecule has 0 radical (unpaired) electrons. The molecule has 0 aliphatic carbocycles. The van der Waals surface area contributed by atoms with Crippen molar-refractivity contribution in [3.8, 4) is 0 Å². The Hall–Kier alpha value is -2.11. The molecule has 1 saturated heterocycles. The van der Waals surface area contributed by atoms with Crippen molar-refractivity contribution in [2.75, 3.05) is 18.4 Å². The highest BCUT2D eigenvalue weighted by molar-refractivity contribution is 6.00. The van der Waals surface area contributed by atoms with E-state index >= 15 is 0 Å². The van der Waals surface area contributed by atoms with Crippen molar-refractivity contribution in [1.82, 2.24) is 4.90 Å². The summed E-state index contributed by atoms with van der Waals surface area (Å²) in [7, 11) is 0. The molecule has 114 valence electrons. The SMILES string of the molecule is CC1CCCN(C(=O)Nc2ccc(F)cc2C(=O)O)CC1. The van der Waals surface area contributed by atoms with Crippen LogP contribution in [0.5, 0.6) is 0 Å². The highest BCUT2D eigenvalue weighted by Gasteiger charge is 2.20. The van der Waals surface area contributed by atoms with Gasteiger partial charge in [0.25, 0.3) is 0 Å². The predicted molar refractivity (Wildman–Crippen MR) is 77.0 cm³/mol. The van der Waals surface area contributed by atoms with E-state index in [0.29, 0.717) is 19.0 Å². The number of amides is 2. The Labute approximate surface area is 122 Å². The van der Waals surface area contributed by atoms with Crippen molar-refractivity contribution in [3.63, 3.8) is 0 Å². The fourth-order valence-electron chi connectivity index (χ4n) is 2.46. The van der Waals surface area contributed by atoms with Gasteiger partial charge in [0.2, 0.25) is 0 Å². The zero-order valence-electron chi connectivity index (χ0n) is 11.9. The van der Waals surface area contributed by atoms with Gasteiger partial charge in [0.05, 0.1) is 11.3 Å². The van der Waals surface area contributed by atoms with Gasteiger partial charge in [-0.25, -0.2) is 14.0 Å². The van der Waals surface area contributed by atoms with Crippen LogP contribution in [-0.2, 0) is 0 Å². The van der Waals surface area contributed by atoms with Crippen LogP contribution in [0.3, 0.4) is 0 Å². The summed E-state index contributed by atoms with van der Waals surface area (Å²) < 4.78 is 13.1. The highest BCUT2D eigenvalue weighted by atomic mass is 19.1. The number of benzene rings is 1. The molecular formula is C15H19FN2O3. The second kappa shape index (κ2) is 6.56. The van der Waals surface area contributed by atoms with Crippen molar-refractivity contribution >= 4 is 17.7 Å². The molecule has 2 amide bonds. The normalized spacial score (nSPS) is 19.0. The minimum atomic E-state index is -1.27. The van der Waals surface area contributed by atoms with Crippen molar-refractivity contribution in [3.05, 3.63) is 29.6 Å². The summed E-state index contributed by atoms with van der Waals surface area (Å²) in [5.74, 6) is -1.33. The van der Waals surface area contributed by atoms with E-state index < -0.39 is 11.8 Å². The van der Waals surface area contributed by atoms with Gasteiger partial charge in [0, 0.05) is 13.1 Å². The number of hydrogen-bond donors (Lipinski definition) is 2. The van der Waals surface area contributed by atoms with Crippen molar-refractivity contribution < 1.29 is 19.1 Å². The second-order valence-electron chi connectivity index (χ2n) is 5.45. The minimum Gasteiger partial charge on any atom is -0.478 e. The standard InChI is InChI=1S/C15H19FN2O3/c1-10-3-2-7-18(8-6-10)15(21)17-13-5-4-11(16)9-12(13)14(19)20/h4-5,9-10H,2-3,6-8H2,1H3,(H,17,21)(H,19,20). The molecule has 6 heteroatoms. The average molecular weight is 294 g/mol. The van der Waals surface area contributed by atoms with Crippen LogP contribution < -0.4 is 5.32 Å². The number of carboxylic acid groups (broad SMARTS) is 1. The number of likely N-dealkylation sites (tertiary alicyclic amines) is 1. The molecule has 2 rings (SSSR count). The second-order valence-corrected chi connectivity index (χ2v) is 5.45. The van der Waals surface area contributed by atoms with Gasteiger partial charge in [-0.15, -0.1) is 0 Å². The van der Waals surface area contributed by atoms with Gasteiger partial charge in [-0.2, -0.15) is 0 Å². The van der Waals surface area contributed by atoms with E-state index in [1.165, 1.54) is 6.07 Å². The molecule has 21 heavy (non-hydrogen) atoms. The summed E-state index contributed by atoms with van der Waals surface area (Å²) in [6, 6.07) is 2.98. The molecule has 0 saturated carbocycles. The molecule has 1 aromatic carbocycles.